The van der Waals surface area contributed by atoms with Crippen LogP contribution in [0.4, 0.5) is 11.5 Å². The molecule has 4 atom stereocenters. The first-order valence-corrected chi connectivity index (χ1v) is 9.23. The van der Waals surface area contributed by atoms with E-state index in [0.29, 0.717) is 5.69 Å². The lowest BCUT2D eigenvalue weighted by atomic mass is 10.1. The van der Waals surface area contributed by atoms with Gasteiger partial charge in [0.25, 0.3) is 0 Å². The number of primary sulfonamides is 1. The van der Waals surface area contributed by atoms with Crippen LogP contribution in [-0.4, -0.2) is 63.4 Å². The van der Waals surface area contributed by atoms with Crippen molar-refractivity contribution in [3.8, 4) is 0 Å². The van der Waals surface area contributed by atoms with Gasteiger partial charge in [-0.15, -0.1) is 0 Å². The molecule has 0 radical (unpaired) electrons. The van der Waals surface area contributed by atoms with Crippen molar-refractivity contribution >= 4 is 21.5 Å². The summed E-state index contributed by atoms with van der Waals surface area (Å²) in [5.41, 5.74) is -0.433. The predicted molar refractivity (Wildman–Crippen MR) is 90.4 cm³/mol. The molecular formula is C14H17N5O7S. The number of nitrogens with one attached hydrogen (secondary N) is 1. The molecule has 2 heterocycles. The van der Waals surface area contributed by atoms with Gasteiger partial charge in [0.2, 0.25) is 10.0 Å². The fourth-order valence-corrected chi connectivity index (χ4v) is 3.06. The summed E-state index contributed by atoms with van der Waals surface area (Å²) < 4.78 is 28.4. The monoisotopic (exact) mass is 399 g/mol. The Hall–Kier alpha value is -2.42. The standard InChI is InChI=1S/C14H17N5O7S/c15-27(24,25)8-3-1-7(2-4-8)17-10-5-16-19(14(23)18-10)13-12(22)11(21)9(6-20)26-13/h1-5,9,11-13,20-22H,6H2,(H2,15,24,25)(H,17,18,23). The Labute approximate surface area is 152 Å². The Morgan fingerprint density at radius 1 is 1.22 bits per heavy atom. The van der Waals surface area contributed by atoms with Gasteiger partial charge in [0, 0.05) is 5.69 Å². The first kappa shape index (κ1) is 19.3. The average molecular weight is 399 g/mol. The highest BCUT2D eigenvalue weighted by molar-refractivity contribution is 7.89. The molecule has 1 fully saturated rings. The molecule has 6 N–H and O–H groups in total. The summed E-state index contributed by atoms with van der Waals surface area (Å²) in [6.45, 7) is -0.537. The van der Waals surface area contributed by atoms with E-state index in [1.54, 1.807) is 0 Å². The van der Waals surface area contributed by atoms with Crippen LogP contribution in [-0.2, 0) is 14.8 Å². The molecule has 1 aromatic heterocycles. The number of aliphatic hydroxyl groups is 3. The van der Waals surface area contributed by atoms with Crippen LogP contribution >= 0.6 is 0 Å². The minimum atomic E-state index is -3.82. The van der Waals surface area contributed by atoms with Crippen LogP contribution in [0.15, 0.2) is 40.2 Å². The topological polar surface area (TPSA) is 190 Å². The Morgan fingerprint density at radius 2 is 1.89 bits per heavy atom. The van der Waals surface area contributed by atoms with E-state index >= 15 is 0 Å². The van der Waals surface area contributed by atoms with Gasteiger partial charge in [0.15, 0.2) is 12.0 Å². The third kappa shape index (κ3) is 3.97. The zero-order valence-corrected chi connectivity index (χ0v) is 14.5. The molecule has 1 aromatic carbocycles. The minimum Gasteiger partial charge on any atom is -0.394 e. The van der Waals surface area contributed by atoms with Crippen molar-refractivity contribution in [3.63, 3.8) is 0 Å². The molecular weight excluding hydrogens is 382 g/mol. The molecule has 0 spiro atoms. The van der Waals surface area contributed by atoms with E-state index in [0.717, 1.165) is 4.68 Å². The molecule has 1 saturated heterocycles. The first-order chi connectivity index (χ1) is 12.7. The largest absolute Gasteiger partial charge is 0.394 e. The third-order valence-electron chi connectivity index (χ3n) is 3.93. The number of benzene rings is 1. The lowest BCUT2D eigenvalue weighted by Crippen LogP contribution is -2.37. The Balaban J connectivity index is 1.78. The van der Waals surface area contributed by atoms with Crippen molar-refractivity contribution < 1.29 is 28.5 Å². The van der Waals surface area contributed by atoms with Gasteiger partial charge in [-0.3, -0.25) is 0 Å². The number of ether oxygens (including phenoxy) is 1. The molecule has 12 nitrogen and oxygen atoms in total. The Kier molecular flexibility index (Phi) is 5.23. The lowest BCUT2D eigenvalue weighted by molar-refractivity contribution is -0.0616. The van der Waals surface area contributed by atoms with Gasteiger partial charge in [0.1, 0.15) is 18.3 Å². The van der Waals surface area contributed by atoms with E-state index in [-0.39, 0.29) is 10.7 Å². The van der Waals surface area contributed by atoms with Crippen molar-refractivity contribution in [3.05, 3.63) is 40.9 Å². The number of anilines is 2. The summed E-state index contributed by atoms with van der Waals surface area (Å²) in [6, 6.07) is 5.43. The van der Waals surface area contributed by atoms with Gasteiger partial charge >= 0.3 is 5.69 Å². The molecule has 4 unspecified atom stereocenters. The molecule has 0 bridgehead atoms. The summed E-state index contributed by atoms with van der Waals surface area (Å²) in [7, 11) is -3.82. The maximum absolute atomic E-state index is 12.2. The van der Waals surface area contributed by atoms with Crippen molar-refractivity contribution in [2.24, 2.45) is 5.14 Å². The van der Waals surface area contributed by atoms with E-state index in [2.05, 4.69) is 15.4 Å². The fraction of sp³-hybridized carbons (Fsp3) is 0.357. The summed E-state index contributed by atoms with van der Waals surface area (Å²) in [4.78, 5) is 15.8. The number of hydrogen-bond donors (Lipinski definition) is 5. The van der Waals surface area contributed by atoms with Crippen LogP contribution in [0.3, 0.4) is 0 Å². The van der Waals surface area contributed by atoms with Crippen LogP contribution in [0.5, 0.6) is 0 Å². The van der Waals surface area contributed by atoms with E-state index in [4.69, 9.17) is 15.0 Å². The van der Waals surface area contributed by atoms with Gasteiger partial charge < -0.3 is 25.4 Å². The Bertz CT molecular complexity index is 978. The highest BCUT2D eigenvalue weighted by Gasteiger charge is 2.44. The van der Waals surface area contributed by atoms with E-state index in [9.17, 15) is 23.4 Å². The molecule has 3 rings (SSSR count). The second-order valence-electron chi connectivity index (χ2n) is 5.79. The van der Waals surface area contributed by atoms with Crippen molar-refractivity contribution in [1.29, 1.82) is 0 Å². The number of nitrogens with two attached hydrogens (primary N) is 1. The number of sulfonamides is 1. The van der Waals surface area contributed by atoms with Crippen molar-refractivity contribution in [2.75, 3.05) is 11.9 Å². The quantitative estimate of drug-likeness (QED) is 0.363. The molecule has 13 heteroatoms. The Morgan fingerprint density at radius 3 is 2.41 bits per heavy atom. The second-order valence-corrected chi connectivity index (χ2v) is 7.35. The SMILES string of the molecule is NS(=O)(=O)c1ccc(Nc2cnn(C3OC(CO)C(O)C3O)c(=O)n2)cc1. The van der Waals surface area contributed by atoms with Gasteiger partial charge in [-0.05, 0) is 24.3 Å². The van der Waals surface area contributed by atoms with Gasteiger partial charge in [-0.25, -0.2) is 18.4 Å². The fourth-order valence-electron chi connectivity index (χ4n) is 2.54. The summed E-state index contributed by atoms with van der Waals surface area (Å²) in [5.74, 6) is 0.0614. The zero-order chi connectivity index (χ0) is 19.8. The summed E-state index contributed by atoms with van der Waals surface area (Å²) >= 11 is 0. The number of aliphatic hydroxyl groups excluding tert-OH is 3. The summed E-state index contributed by atoms with van der Waals surface area (Å²) in [6.07, 6.45) is -3.99. The van der Waals surface area contributed by atoms with E-state index < -0.39 is 46.9 Å². The number of aromatic nitrogens is 3. The van der Waals surface area contributed by atoms with E-state index in [1.165, 1.54) is 30.5 Å². The van der Waals surface area contributed by atoms with Crippen LogP contribution < -0.4 is 16.1 Å². The molecule has 0 aliphatic carbocycles. The summed E-state index contributed by atoms with van der Waals surface area (Å²) in [5, 5.41) is 40.4. The first-order valence-electron chi connectivity index (χ1n) is 7.69. The van der Waals surface area contributed by atoms with E-state index in [1.807, 2.05) is 0 Å². The number of nitrogens with zero attached hydrogens (tertiary/aromatic N) is 3. The van der Waals surface area contributed by atoms with Crippen molar-refractivity contribution in [1.82, 2.24) is 14.8 Å². The van der Waals surface area contributed by atoms with Gasteiger partial charge in [-0.2, -0.15) is 14.8 Å². The average Bonchev–Trinajstić information content (AvgIpc) is 2.90. The molecule has 1 aliphatic heterocycles. The van der Waals surface area contributed by atoms with Gasteiger partial charge in [-0.1, -0.05) is 0 Å². The second kappa shape index (κ2) is 7.30. The van der Waals surface area contributed by atoms with Gasteiger partial charge in [0.05, 0.1) is 17.7 Å². The van der Waals surface area contributed by atoms with Crippen LogP contribution in [0, 0.1) is 0 Å². The lowest BCUT2D eigenvalue weighted by Gasteiger charge is -2.16. The van der Waals surface area contributed by atoms with Crippen LogP contribution in [0.2, 0.25) is 0 Å². The molecule has 146 valence electrons. The maximum atomic E-state index is 12.2. The maximum Gasteiger partial charge on any atom is 0.368 e. The molecule has 0 amide bonds. The number of rotatable bonds is 5. The third-order valence-corrected chi connectivity index (χ3v) is 4.86. The molecule has 2 aromatic rings. The number of hydrogen-bond acceptors (Lipinski definition) is 10. The highest BCUT2D eigenvalue weighted by atomic mass is 32.2. The molecule has 1 aliphatic rings. The zero-order valence-electron chi connectivity index (χ0n) is 13.7. The van der Waals surface area contributed by atoms with Crippen LogP contribution in [0.25, 0.3) is 0 Å². The smallest absolute Gasteiger partial charge is 0.368 e. The van der Waals surface area contributed by atoms with Crippen molar-refractivity contribution in [2.45, 2.75) is 29.4 Å². The highest BCUT2D eigenvalue weighted by Crippen LogP contribution is 2.27. The van der Waals surface area contributed by atoms with Crippen LogP contribution in [0.1, 0.15) is 6.23 Å². The molecule has 27 heavy (non-hydrogen) atoms. The predicted octanol–water partition coefficient (Wildman–Crippen LogP) is -2.36. The molecule has 0 saturated carbocycles. The minimum absolute atomic E-state index is 0.0614. The normalized spacial score (nSPS) is 25.5.